The average Bonchev–Trinajstić information content (AvgIpc) is 3.79. The Hall–Kier alpha value is -1.18. The number of fused-ring (bicyclic) bond motifs is 5. The Kier molecular flexibility index (Phi) is 18.9. The van der Waals surface area contributed by atoms with Crippen LogP contribution in [0.4, 0.5) is 0 Å². The molecule has 0 amide bonds. The number of aliphatic hydroxyl groups excluding tert-OH is 14. The molecule has 8 rings (SSSR count). The standard InChI is InChI=1S/C54H92O23/c1-23(25-15-16-52(6)32-12-10-26-27(54(32,8)33(59)18-53(25,52)7)11-14-34(50(26,2)3)75-48-44(68)41(65)37(61)30(21-57)73-48)9-13-35(51(4,5)69)76-49-45(42(66)38(62)31(22-58)74-49)77-46-39(63)28(17-24(19-55)70-46)71-47-43(67)40(64)36(60)29(20-56)72-47/h10,23-25,27-49,55-69H,9,11-22H2,1-8H3/t23-,24+,25?,27?,28+,29-,30-,31-,32?,33-,34+,35-,36-,37-,38-,39-,40+,41+,42+,43-,44-,45-,46+,47-,48+,49+,52+,53-,54+/m1/s1. The average molecular weight is 1110 g/mol. The lowest BCUT2D eigenvalue weighted by Gasteiger charge is -2.67. The molecule has 4 aliphatic heterocycles. The van der Waals surface area contributed by atoms with Crippen molar-refractivity contribution in [2.24, 2.45) is 45.3 Å². The molecule has 7 fully saturated rings. The number of hydrogen-bond donors (Lipinski definition) is 15. The second-order valence-electron chi connectivity index (χ2n) is 25.7. The van der Waals surface area contributed by atoms with Gasteiger partial charge < -0.3 is 114 Å². The molecule has 23 heteroatoms. The first kappa shape index (κ1) is 61.9. The summed E-state index contributed by atoms with van der Waals surface area (Å²) in [5.74, 6) is 0.350. The third kappa shape index (κ3) is 11.0. The van der Waals surface area contributed by atoms with Crippen molar-refractivity contribution >= 4 is 0 Å². The predicted octanol–water partition coefficient (Wildman–Crippen LogP) is -2.20. The van der Waals surface area contributed by atoms with E-state index in [2.05, 4.69) is 47.6 Å². The SMILES string of the molecule is C[C@H](CC[C@@H](O[C@@H]1O[C@H](CO)[C@@H](O)[C@H](O)[C@H]1O[C@@H]1O[C@H](CO)C[C@H](O[C@@H]2O[C@H](CO)[C@@H](O)[C@H](O)[C@H]2O)[C@H]1O)C(C)(C)O)C1CC[C@@]2(C)C3CC=C4C(CC[C@H](O[C@@H]5O[C@H](CO)[C@@H](O)[C@H](O)[C@H]5O)C4(C)C)[C@]3(C)[C@H](O)C[C@]12C. The van der Waals surface area contributed by atoms with Gasteiger partial charge in [0.25, 0.3) is 0 Å². The maximum absolute atomic E-state index is 12.7. The molecule has 0 aromatic heterocycles. The predicted molar refractivity (Wildman–Crippen MR) is 266 cm³/mol. The van der Waals surface area contributed by atoms with E-state index in [1.54, 1.807) is 13.8 Å². The van der Waals surface area contributed by atoms with Gasteiger partial charge in [0, 0.05) is 17.3 Å². The molecule has 77 heavy (non-hydrogen) atoms. The number of rotatable bonds is 17. The van der Waals surface area contributed by atoms with Gasteiger partial charge in [-0.25, -0.2) is 0 Å². The third-order valence-electron chi connectivity index (χ3n) is 20.7. The molecule has 0 bridgehead atoms. The molecular formula is C54H92O23. The fraction of sp³-hybridized carbons (Fsp3) is 0.963. The van der Waals surface area contributed by atoms with Crippen LogP contribution in [-0.4, -0.2) is 244 Å². The van der Waals surface area contributed by atoms with Crippen molar-refractivity contribution in [3.05, 3.63) is 11.6 Å². The highest BCUT2D eigenvalue weighted by Crippen LogP contribution is 2.75. The minimum Gasteiger partial charge on any atom is -0.394 e. The van der Waals surface area contributed by atoms with Gasteiger partial charge in [0.15, 0.2) is 25.2 Å². The minimum absolute atomic E-state index is 0.0265. The van der Waals surface area contributed by atoms with E-state index in [9.17, 15) is 76.6 Å². The highest BCUT2D eigenvalue weighted by atomic mass is 16.8. The second-order valence-corrected chi connectivity index (χ2v) is 25.7. The first-order chi connectivity index (χ1) is 36.0. The number of aliphatic hydroxyl groups is 15. The van der Waals surface area contributed by atoms with Crippen molar-refractivity contribution in [3.63, 3.8) is 0 Å². The Labute approximate surface area is 450 Å². The molecule has 0 spiro atoms. The topological polar surface area (TPSA) is 377 Å². The van der Waals surface area contributed by atoms with Crippen molar-refractivity contribution in [1.29, 1.82) is 0 Å². The first-order valence-electron chi connectivity index (χ1n) is 27.9. The fourth-order valence-electron chi connectivity index (χ4n) is 15.7. The molecular weight excluding hydrogens is 1020 g/mol. The van der Waals surface area contributed by atoms with Crippen molar-refractivity contribution in [2.75, 3.05) is 26.4 Å². The zero-order valence-electron chi connectivity index (χ0n) is 45.8. The van der Waals surface area contributed by atoms with Crippen molar-refractivity contribution in [3.8, 4) is 0 Å². The van der Waals surface area contributed by atoms with Crippen LogP contribution in [0.1, 0.15) is 113 Å². The van der Waals surface area contributed by atoms with Crippen molar-refractivity contribution in [1.82, 2.24) is 0 Å². The summed E-state index contributed by atoms with van der Waals surface area (Å²) >= 11 is 0. The summed E-state index contributed by atoms with van der Waals surface area (Å²) in [5, 5.41) is 162. The molecule has 0 radical (unpaired) electrons. The fourth-order valence-corrected chi connectivity index (χ4v) is 15.7. The summed E-state index contributed by atoms with van der Waals surface area (Å²) in [7, 11) is 0. The van der Waals surface area contributed by atoms with E-state index < -0.39 is 178 Å². The van der Waals surface area contributed by atoms with E-state index >= 15 is 0 Å². The van der Waals surface area contributed by atoms with Crippen LogP contribution in [0.5, 0.6) is 0 Å². The molecule has 3 unspecified atom stereocenters. The summed E-state index contributed by atoms with van der Waals surface area (Å²) in [5.41, 5.74) is -1.89. The Bertz CT molecular complexity index is 1990. The highest BCUT2D eigenvalue weighted by molar-refractivity contribution is 5.32. The molecule has 15 N–H and O–H groups in total. The number of allylic oxidation sites excluding steroid dienone is 1. The molecule has 8 aliphatic rings. The van der Waals surface area contributed by atoms with E-state index in [1.807, 2.05) is 0 Å². The lowest BCUT2D eigenvalue weighted by molar-refractivity contribution is -0.379. The van der Waals surface area contributed by atoms with Crippen LogP contribution < -0.4 is 0 Å². The van der Waals surface area contributed by atoms with Crippen LogP contribution in [0.2, 0.25) is 0 Å². The van der Waals surface area contributed by atoms with Crippen LogP contribution in [-0.2, 0) is 37.9 Å². The second kappa shape index (κ2) is 23.5. The van der Waals surface area contributed by atoms with Crippen molar-refractivity contribution in [2.45, 2.75) is 254 Å². The Morgan fingerprint density at radius 2 is 1.16 bits per heavy atom. The molecule has 23 nitrogen and oxygen atoms in total. The van der Waals surface area contributed by atoms with E-state index in [4.69, 9.17) is 37.9 Å². The minimum atomic E-state index is -1.82. The molecule has 29 atom stereocenters. The summed E-state index contributed by atoms with van der Waals surface area (Å²) < 4.78 is 48.1. The van der Waals surface area contributed by atoms with Crippen LogP contribution >= 0.6 is 0 Å². The number of hydrogen-bond acceptors (Lipinski definition) is 23. The Morgan fingerprint density at radius 1 is 0.610 bits per heavy atom. The zero-order chi connectivity index (χ0) is 56.6. The van der Waals surface area contributed by atoms with Crippen LogP contribution in [0.15, 0.2) is 11.6 Å². The van der Waals surface area contributed by atoms with Gasteiger partial charge in [-0.1, -0.05) is 53.2 Å². The monoisotopic (exact) mass is 1110 g/mol. The Morgan fingerprint density at radius 3 is 1.71 bits per heavy atom. The van der Waals surface area contributed by atoms with Crippen LogP contribution in [0.3, 0.4) is 0 Å². The van der Waals surface area contributed by atoms with Gasteiger partial charge in [-0.15, -0.1) is 0 Å². The number of ether oxygens (including phenoxy) is 8. The molecule has 3 saturated carbocycles. The van der Waals surface area contributed by atoms with Gasteiger partial charge in [-0.2, -0.15) is 0 Å². The van der Waals surface area contributed by atoms with Gasteiger partial charge in [-0.05, 0) is 99.7 Å². The first-order valence-corrected chi connectivity index (χ1v) is 27.9. The quantitative estimate of drug-likeness (QED) is 0.0687. The summed E-state index contributed by atoms with van der Waals surface area (Å²) in [6.07, 6.45) is -23.9. The van der Waals surface area contributed by atoms with Crippen molar-refractivity contribution < 1.29 is 114 Å². The molecule has 446 valence electrons. The Balaban J connectivity index is 0.959. The van der Waals surface area contributed by atoms with E-state index in [0.717, 1.165) is 19.3 Å². The lowest BCUT2D eigenvalue weighted by Crippen LogP contribution is -2.65. The smallest absolute Gasteiger partial charge is 0.187 e. The van der Waals surface area contributed by atoms with E-state index in [0.29, 0.717) is 25.7 Å². The van der Waals surface area contributed by atoms with Gasteiger partial charge in [0.05, 0.1) is 62.5 Å². The summed E-state index contributed by atoms with van der Waals surface area (Å²) in [4.78, 5) is 0. The molecule has 4 aliphatic carbocycles. The van der Waals surface area contributed by atoms with Crippen LogP contribution in [0, 0.1) is 45.3 Å². The third-order valence-corrected chi connectivity index (χ3v) is 20.7. The normalized spacial score (nSPS) is 51.0. The van der Waals surface area contributed by atoms with E-state index in [1.165, 1.54) is 5.57 Å². The molecule has 4 heterocycles. The molecule has 0 aromatic rings. The van der Waals surface area contributed by atoms with Gasteiger partial charge in [0.2, 0.25) is 0 Å². The largest absolute Gasteiger partial charge is 0.394 e. The highest BCUT2D eigenvalue weighted by Gasteiger charge is 2.70. The molecule has 4 saturated heterocycles. The summed E-state index contributed by atoms with van der Waals surface area (Å²) in [6.45, 7) is 13.8. The van der Waals surface area contributed by atoms with Gasteiger partial charge in [0.1, 0.15) is 79.4 Å². The van der Waals surface area contributed by atoms with Crippen LogP contribution in [0.25, 0.3) is 0 Å². The maximum atomic E-state index is 12.7. The maximum Gasteiger partial charge on any atom is 0.187 e. The van der Waals surface area contributed by atoms with E-state index in [-0.39, 0.29) is 47.3 Å². The van der Waals surface area contributed by atoms with Gasteiger partial charge >= 0.3 is 0 Å². The lowest BCUT2D eigenvalue weighted by atomic mass is 9.38. The van der Waals surface area contributed by atoms with Gasteiger partial charge in [-0.3, -0.25) is 0 Å². The molecule has 0 aromatic carbocycles. The zero-order valence-corrected chi connectivity index (χ0v) is 45.8. The summed E-state index contributed by atoms with van der Waals surface area (Å²) in [6, 6.07) is 0.